The summed E-state index contributed by atoms with van der Waals surface area (Å²) in [6.07, 6.45) is 19.5. The van der Waals surface area contributed by atoms with Crippen LogP contribution >= 0.6 is 0 Å². The van der Waals surface area contributed by atoms with Crippen molar-refractivity contribution >= 4 is 5.97 Å². The number of hydrogen-bond acceptors (Lipinski definition) is 4. The lowest BCUT2D eigenvalue weighted by Gasteiger charge is -2.38. The molecule has 1 saturated carbocycles. The van der Waals surface area contributed by atoms with Crippen molar-refractivity contribution in [2.45, 2.75) is 135 Å². The van der Waals surface area contributed by atoms with Crippen LogP contribution in [-0.4, -0.2) is 18.2 Å². The Kier molecular flexibility index (Phi) is 14.9. The molecule has 2 aromatic carbocycles. The van der Waals surface area contributed by atoms with Gasteiger partial charge in [-0.2, -0.15) is 5.26 Å². The summed E-state index contributed by atoms with van der Waals surface area (Å²) in [6, 6.07) is 14.4. The second-order valence-electron chi connectivity index (χ2n) is 12.2. The lowest BCUT2D eigenvalue weighted by molar-refractivity contribution is -0.0476. The van der Waals surface area contributed by atoms with E-state index in [0.29, 0.717) is 29.0 Å². The first-order valence-electron chi connectivity index (χ1n) is 16.7. The van der Waals surface area contributed by atoms with Gasteiger partial charge < -0.3 is 9.47 Å². The summed E-state index contributed by atoms with van der Waals surface area (Å²) in [5.74, 6) is -0.0794. The fourth-order valence-electron chi connectivity index (χ4n) is 6.01. The summed E-state index contributed by atoms with van der Waals surface area (Å²) in [5.41, 5.74) is 1.16. The molecule has 0 spiro atoms. The van der Waals surface area contributed by atoms with E-state index >= 15 is 0 Å². The molecule has 4 nitrogen and oxygen atoms in total. The molecule has 42 heavy (non-hydrogen) atoms. The molecule has 2 aromatic rings. The number of esters is 1. The summed E-state index contributed by atoms with van der Waals surface area (Å²) < 4.78 is 27.0. The van der Waals surface area contributed by atoms with E-state index in [4.69, 9.17) is 9.47 Å². The van der Waals surface area contributed by atoms with Crippen molar-refractivity contribution in [3.05, 3.63) is 53.8 Å². The van der Waals surface area contributed by atoms with Gasteiger partial charge in [0.25, 0.3) is 0 Å². The maximum absolute atomic E-state index is 15.0. The molecule has 3 rings (SSSR count). The molecule has 230 valence electrons. The van der Waals surface area contributed by atoms with E-state index in [2.05, 4.69) is 19.9 Å². The van der Waals surface area contributed by atoms with Gasteiger partial charge in [-0.15, -0.1) is 0 Å². The zero-order valence-electron chi connectivity index (χ0n) is 26.1. The SMILES string of the molecule is CCCCCCCCCCOc1ccc(-c2ccc(C(=O)OC3(CCCCCCC)CCC(C#N)CC3)cc2)c(F)c1. The number of nitriles is 1. The number of carbonyl (C=O) groups is 1. The van der Waals surface area contributed by atoms with Crippen molar-refractivity contribution in [3.8, 4) is 22.9 Å². The Morgan fingerprint density at radius 3 is 2.05 bits per heavy atom. The van der Waals surface area contributed by atoms with E-state index in [-0.39, 0.29) is 17.7 Å². The van der Waals surface area contributed by atoms with Crippen molar-refractivity contribution in [1.29, 1.82) is 5.26 Å². The lowest BCUT2D eigenvalue weighted by Crippen LogP contribution is -2.39. The number of unbranched alkanes of at least 4 members (excludes halogenated alkanes) is 11. The fourth-order valence-corrected chi connectivity index (χ4v) is 6.01. The van der Waals surface area contributed by atoms with E-state index < -0.39 is 5.60 Å². The van der Waals surface area contributed by atoms with E-state index in [1.54, 1.807) is 30.3 Å². The number of rotatable bonds is 19. The maximum Gasteiger partial charge on any atom is 0.338 e. The van der Waals surface area contributed by atoms with Crippen LogP contribution in [0.4, 0.5) is 4.39 Å². The van der Waals surface area contributed by atoms with Crippen molar-refractivity contribution in [1.82, 2.24) is 0 Å². The molecule has 0 atom stereocenters. The Labute approximate surface area is 254 Å². The van der Waals surface area contributed by atoms with Crippen LogP contribution in [0.15, 0.2) is 42.5 Å². The number of halogens is 1. The van der Waals surface area contributed by atoms with E-state index in [9.17, 15) is 14.4 Å². The largest absolute Gasteiger partial charge is 0.493 e. The molecule has 1 fully saturated rings. The van der Waals surface area contributed by atoms with Gasteiger partial charge >= 0.3 is 5.97 Å². The van der Waals surface area contributed by atoms with Crippen LogP contribution in [-0.2, 0) is 4.74 Å². The average Bonchev–Trinajstić information content (AvgIpc) is 3.01. The summed E-state index contributed by atoms with van der Waals surface area (Å²) in [5, 5.41) is 9.35. The molecule has 0 saturated heterocycles. The molecule has 1 aliphatic rings. The van der Waals surface area contributed by atoms with Crippen molar-refractivity contribution in [2.75, 3.05) is 6.61 Å². The first-order chi connectivity index (χ1) is 20.5. The molecular formula is C37H52FNO3. The minimum Gasteiger partial charge on any atom is -0.493 e. The first-order valence-corrected chi connectivity index (χ1v) is 16.7. The highest BCUT2D eigenvalue weighted by molar-refractivity contribution is 5.90. The van der Waals surface area contributed by atoms with Crippen LogP contribution in [0.1, 0.15) is 140 Å². The number of hydrogen-bond donors (Lipinski definition) is 0. The molecule has 1 aliphatic carbocycles. The lowest BCUT2D eigenvalue weighted by atomic mass is 9.76. The third-order valence-corrected chi connectivity index (χ3v) is 8.76. The highest BCUT2D eigenvalue weighted by Crippen LogP contribution is 2.39. The summed E-state index contributed by atoms with van der Waals surface area (Å²) in [6.45, 7) is 5.04. The zero-order chi connectivity index (χ0) is 30.0. The van der Waals surface area contributed by atoms with Gasteiger partial charge in [-0.3, -0.25) is 0 Å². The summed E-state index contributed by atoms with van der Waals surface area (Å²) in [4.78, 5) is 13.2. The predicted octanol–water partition coefficient (Wildman–Crippen LogP) is 11.0. The van der Waals surface area contributed by atoms with Gasteiger partial charge in [-0.25, -0.2) is 9.18 Å². The molecular weight excluding hydrogens is 525 g/mol. The normalized spacial score (nSPS) is 18.4. The third-order valence-electron chi connectivity index (χ3n) is 8.76. The second-order valence-corrected chi connectivity index (χ2v) is 12.2. The van der Waals surface area contributed by atoms with Crippen molar-refractivity contribution < 1.29 is 18.7 Å². The molecule has 0 N–H and O–H groups in total. The topological polar surface area (TPSA) is 59.3 Å². The van der Waals surface area contributed by atoms with Gasteiger partial charge in [0, 0.05) is 17.5 Å². The zero-order valence-corrected chi connectivity index (χ0v) is 26.1. The minimum absolute atomic E-state index is 0.0491. The molecule has 0 amide bonds. The van der Waals surface area contributed by atoms with Gasteiger partial charge in [0.05, 0.1) is 18.2 Å². The Morgan fingerprint density at radius 2 is 1.45 bits per heavy atom. The summed E-state index contributed by atoms with van der Waals surface area (Å²) in [7, 11) is 0. The van der Waals surface area contributed by atoms with E-state index in [1.807, 2.05) is 6.07 Å². The Balaban J connectivity index is 1.52. The quantitative estimate of drug-likeness (QED) is 0.123. The number of benzene rings is 2. The van der Waals surface area contributed by atoms with E-state index in [0.717, 1.165) is 57.8 Å². The highest BCUT2D eigenvalue weighted by Gasteiger charge is 2.38. The molecule has 0 bridgehead atoms. The Bertz CT molecular complexity index is 1100. The first kappa shape index (κ1) is 33.6. The van der Waals surface area contributed by atoms with Gasteiger partial charge in [-0.05, 0) is 74.8 Å². The van der Waals surface area contributed by atoms with Gasteiger partial charge in [-0.1, -0.05) is 96.6 Å². The molecule has 5 heteroatoms. The summed E-state index contributed by atoms with van der Waals surface area (Å²) >= 11 is 0. The predicted molar refractivity (Wildman–Crippen MR) is 169 cm³/mol. The van der Waals surface area contributed by atoms with Crippen LogP contribution in [0, 0.1) is 23.1 Å². The van der Waals surface area contributed by atoms with Crippen LogP contribution in [0.3, 0.4) is 0 Å². The van der Waals surface area contributed by atoms with Crippen LogP contribution < -0.4 is 4.74 Å². The van der Waals surface area contributed by atoms with Crippen molar-refractivity contribution in [2.24, 2.45) is 5.92 Å². The van der Waals surface area contributed by atoms with E-state index in [1.165, 1.54) is 63.9 Å². The smallest absolute Gasteiger partial charge is 0.338 e. The number of carbonyl (C=O) groups excluding carboxylic acids is 1. The molecule has 0 aromatic heterocycles. The van der Waals surface area contributed by atoms with Gasteiger partial charge in [0.15, 0.2) is 0 Å². The third kappa shape index (κ3) is 11.1. The maximum atomic E-state index is 15.0. The number of nitrogens with zero attached hydrogens (tertiary/aromatic N) is 1. The fraction of sp³-hybridized carbons (Fsp3) is 0.622. The second kappa shape index (κ2) is 18.6. The number of ether oxygens (including phenoxy) is 2. The monoisotopic (exact) mass is 577 g/mol. The van der Waals surface area contributed by atoms with Crippen LogP contribution in [0.2, 0.25) is 0 Å². The average molecular weight is 578 g/mol. The standard InChI is InChI=1S/C37H52FNO3/c1-3-5-7-9-10-11-13-15-27-41-33-20-21-34(35(38)28-33)31-16-18-32(19-17-31)36(40)42-37(24-14-12-8-6-4-2)25-22-30(29-39)23-26-37/h16-21,28,30H,3-15,22-27H2,1-2H3. The molecule has 0 unspecified atom stereocenters. The highest BCUT2D eigenvalue weighted by atomic mass is 19.1. The van der Waals surface area contributed by atoms with Crippen LogP contribution in [0.5, 0.6) is 5.75 Å². The minimum atomic E-state index is -0.494. The molecule has 0 radical (unpaired) electrons. The Hall–Kier alpha value is -2.87. The molecule has 0 aliphatic heterocycles. The molecule has 0 heterocycles. The van der Waals surface area contributed by atoms with Crippen LogP contribution in [0.25, 0.3) is 11.1 Å². The van der Waals surface area contributed by atoms with Crippen molar-refractivity contribution in [3.63, 3.8) is 0 Å². The van der Waals surface area contributed by atoms with Gasteiger partial charge in [0.1, 0.15) is 17.2 Å². The Morgan fingerprint density at radius 1 is 0.857 bits per heavy atom. The van der Waals surface area contributed by atoms with Gasteiger partial charge in [0.2, 0.25) is 0 Å².